The standard InChI is InChI=1S/C20H25NO5S/c1-24-17-7-8-20(25-2)19(14-17)15-5-4-6-18(13-15)26-16-9-11-21(12-10-16)27(3,22)23/h4-8,13-14,16H,9-12H2,1-3H3. The first-order valence-electron chi connectivity index (χ1n) is 8.85. The Hall–Kier alpha value is -2.25. The quantitative estimate of drug-likeness (QED) is 0.757. The highest BCUT2D eigenvalue weighted by Gasteiger charge is 2.26. The van der Waals surface area contributed by atoms with Gasteiger partial charge in [-0.2, -0.15) is 0 Å². The van der Waals surface area contributed by atoms with Crippen LogP contribution in [-0.4, -0.2) is 52.4 Å². The molecule has 146 valence electrons. The van der Waals surface area contributed by atoms with Crippen molar-refractivity contribution in [2.24, 2.45) is 0 Å². The molecule has 1 fully saturated rings. The Kier molecular flexibility index (Phi) is 5.92. The Morgan fingerprint density at radius 3 is 2.33 bits per heavy atom. The van der Waals surface area contributed by atoms with Crippen molar-refractivity contribution in [3.63, 3.8) is 0 Å². The summed E-state index contributed by atoms with van der Waals surface area (Å²) in [6.07, 6.45) is 2.61. The first-order valence-corrected chi connectivity index (χ1v) is 10.7. The van der Waals surface area contributed by atoms with E-state index in [-0.39, 0.29) is 6.10 Å². The predicted octanol–water partition coefficient (Wildman–Crippen LogP) is 3.17. The highest BCUT2D eigenvalue weighted by molar-refractivity contribution is 7.88. The summed E-state index contributed by atoms with van der Waals surface area (Å²) < 4.78 is 41.7. The second-order valence-corrected chi connectivity index (χ2v) is 8.56. The molecule has 0 radical (unpaired) electrons. The molecule has 0 N–H and O–H groups in total. The normalized spacial score (nSPS) is 16.1. The Morgan fingerprint density at radius 1 is 0.963 bits per heavy atom. The molecule has 3 rings (SSSR count). The number of hydrogen-bond acceptors (Lipinski definition) is 5. The van der Waals surface area contributed by atoms with Gasteiger partial charge in [-0.05, 0) is 48.7 Å². The van der Waals surface area contributed by atoms with Crippen molar-refractivity contribution in [1.82, 2.24) is 4.31 Å². The van der Waals surface area contributed by atoms with E-state index in [1.54, 1.807) is 14.2 Å². The zero-order valence-electron chi connectivity index (χ0n) is 15.8. The summed E-state index contributed by atoms with van der Waals surface area (Å²) >= 11 is 0. The van der Waals surface area contributed by atoms with Crippen LogP contribution in [0.3, 0.4) is 0 Å². The monoisotopic (exact) mass is 391 g/mol. The number of nitrogens with zero attached hydrogens (tertiary/aromatic N) is 1. The maximum Gasteiger partial charge on any atom is 0.211 e. The molecule has 1 saturated heterocycles. The van der Waals surface area contributed by atoms with E-state index >= 15 is 0 Å². The number of ether oxygens (including phenoxy) is 3. The van der Waals surface area contributed by atoms with Crippen LogP contribution in [0.25, 0.3) is 11.1 Å². The first kappa shape index (κ1) is 19.5. The summed E-state index contributed by atoms with van der Waals surface area (Å²) in [5, 5.41) is 0. The minimum absolute atomic E-state index is 0.00505. The molecule has 7 heteroatoms. The fraction of sp³-hybridized carbons (Fsp3) is 0.400. The first-order chi connectivity index (χ1) is 12.9. The summed E-state index contributed by atoms with van der Waals surface area (Å²) in [5.74, 6) is 2.27. The summed E-state index contributed by atoms with van der Waals surface area (Å²) in [4.78, 5) is 0. The van der Waals surface area contributed by atoms with Gasteiger partial charge in [0, 0.05) is 18.7 Å². The van der Waals surface area contributed by atoms with Gasteiger partial charge in [0.25, 0.3) is 0 Å². The molecular weight excluding hydrogens is 366 g/mol. The van der Waals surface area contributed by atoms with Crippen LogP contribution in [-0.2, 0) is 10.0 Å². The maximum atomic E-state index is 11.6. The van der Waals surface area contributed by atoms with Gasteiger partial charge in [0.2, 0.25) is 10.0 Å². The summed E-state index contributed by atoms with van der Waals surface area (Å²) in [5.41, 5.74) is 1.89. The van der Waals surface area contributed by atoms with Crippen molar-refractivity contribution in [1.29, 1.82) is 0 Å². The lowest BCUT2D eigenvalue weighted by Gasteiger charge is -2.30. The van der Waals surface area contributed by atoms with Crippen molar-refractivity contribution >= 4 is 10.0 Å². The molecule has 1 aliphatic heterocycles. The van der Waals surface area contributed by atoms with E-state index < -0.39 is 10.0 Å². The van der Waals surface area contributed by atoms with Crippen LogP contribution in [0, 0.1) is 0 Å². The van der Waals surface area contributed by atoms with E-state index in [0.29, 0.717) is 25.9 Å². The maximum absolute atomic E-state index is 11.6. The number of methoxy groups -OCH3 is 2. The lowest BCUT2D eigenvalue weighted by molar-refractivity contribution is 0.135. The molecule has 0 amide bonds. The molecule has 6 nitrogen and oxygen atoms in total. The van der Waals surface area contributed by atoms with E-state index in [2.05, 4.69) is 0 Å². The van der Waals surface area contributed by atoms with Crippen molar-refractivity contribution in [2.45, 2.75) is 18.9 Å². The third-order valence-corrected chi connectivity index (χ3v) is 6.03. The zero-order chi connectivity index (χ0) is 19.4. The van der Waals surface area contributed by atoms with Crippen molar-refractivity contribution < 1.29 is 22.6 Å². The Bertz CT molecular complexity index is 889. The van der Waals surface area contributed by atoms with Gasteiger partial charge in [0.1, 0.15) is 23.4 Å². The molecule has 0 atom stereocenters. The number of hydrogen-bond donors (Lipinski definition) is 0. The van der Waals surface area contributed by atoms with Crippen LogP contribution in [0.4, 0.5) is 0 Å². The molecule has 1 aliphatic rings. The van der Waals surface area contributed by atoms with E-state index in [1.807, 2.05) is 42.5 Å². The summed E-state index contributed by atoms with van der Waals surface area (Å²) in [6.45, 7) is 0.986. The predicted molar refractivity (Wildman–Crippen MR) is 105 cm³/mol. The summed E-state index contributed by atoms with van der Waals surface area (Å²) in [6, 6.07) is 13.5. The van der Waals surface area contributed by atoms with Crippen LogP contribution < -0.4 is 14.2 Å². The molecule has 0 spiro atoms. The van der Waals surface area contributed by atoms with Gasteiger partial charge in [0.15, 0.2) is 0 Å². The molecule has 27 heavy (non-hydrogen) atoms. The highest BCUT2D eigenvalue weighted by Crippen LogP contribution is 2.35. The second kappa shape index (κ2) is 8.19. The fourth-order valence-electron chi connectivity index (χ4n) is 3.25. The highest BCUT2D eigenvalue weighted by atomic mass is 32.2. The van der Waals surface area contributed by atoms with Gasteiger partial charge in [-0.15, -0.1) is 0 Å². The van der Waals surface area contributed by atoms with Crippen LogP contribution in [0.2, 0.25) is 0 Å². The average molecular weight is 391 g/mol. The van der Waals surface area contributed by atoms with E-state index in [4.69, 9.17) is 14.2 Å². The molecule has 0 aliphatic carbocycles. The SMILES string of the molecule is COc1ccc(OC)c(-c2cccc(OC3CCN(S(C)(=O)=O)CC3)c2)c1. The molecule has 0 unspecified atom stereocenters. The molecule has 2 aromatic rings. The Morgan fingerprint density at radius 2 is 1.70 bits per heavy atom. The molecule has 0 bridgehead atoms. The molecule has 2 aromatic carbocycles. The van der Waals surface area contributed by atoms with E-state index in [9.17, 15) is 8.42 Å². The minimum Gasteiger partial charge on any atom is -0.497 e. The van der Waals surface area contributed by atoms with Crippen LogP contribution in [0.1, 0.15) is 12.8 Å². The van der Waals surface area contributed by atoms with Gasteiger partial charge in [-0.3, -0.25) is 0 Å². The van der Waals surface area contributed by atoms with Crippen LogP contribution in [0.15, 0.2) is 42.5 Å². The van der Waals surface area contributed by atoms with Gasteiger partial charge in [-0.25, -0.2) is 12.7 Å². The topological polar surface area (TPSA) is 65.1 Å². The van der Waals surface area contributed by atoms with Crippen molar-refractivity contribution in [3.05, 3.63) is 42.5 Å². The number of rotatable bonds is 6. The van der Waals surface area contributed by atoms with Gasteiger partial charge in [0.05, 0.1) is 20.5 Å². The molecule has 0 saturated carbocycles. The second-order valence-electron chi connectivity index (χ2n) is 6.57. The summed E-state index contributed by atoms with van der Waals surface area (Å²) in [7, 11) is 0.146. The van der Waals surface area contributed by atoms with Gasteiger partial charge < -0.3 is 14.2 Å². The third-order valence-electron chi connectivity index (χ3n) is 4.72. The molecular formula is C20H25NO5S. The van der Waals surface area contributed by atoms with Crippen molar-refractivity contribution in [2.75, 3.05) is 33.6 Å². The number of benzene rings is 2. The molecule has 0 aromatic heterocycles. The smallest absolute Gasteiger partial charge is 0.211 e. The van der Waals surface area contributed by atoms with Gasteiger partial charge >= 0.3 is 0 Å². The van der Waals surface area contributed by atoms with Crippen LogP contribution in [0.5, 0.6) is 17.2 Å². The fourth-order valence-corrected chi connectivity index (χ4v) is 4.12. The Balaban J connectivity index is 1.75. The zero-order valence-corrected chi connectivity index (χ0v) is 16.7. The Labute approximate surface area is 160 Å². The minimum atomic E-state index is -3.13. The lowest BCUT2D eigenvalue weighted by Crippen LogP contribution is -2.41. The molecule has 1 heterocycles. The van der Waals surface area contributed by atoms with E-state index in [1.165, 1.54) is 10.6 Å². The largest absolute Gasteiger partial charge is 0.497 e. The van der Waals surface area contributed by atoms with Crippen molar-refractivity contribution in [3.8, 4) is 28.4 Å². The number of sulfonamides is 1. The number of piperidine rings is 1. The lowest BCUT2D eigenvalue weighted by atomic mass is 10.0. The van der Waals surface area contributed by atoms with Gasteiger partial charge in [-0.1, -0.05) is 12.1 Å². The third kappa shape index (κ3) is 4.73. The average Bonchev–Trinajstić information content (AvgIpc) is 2.67. The van der Waals surface area contributed by atoms with E-state index in [0.717, 1.165) is 28.4 Å². The van der Waals surface area contributed by atoms with Crippen LogP contribution >= 0.6 is 0 Å².